The first-order chi connectivity index (χ1) is 8.18. The lowest BCUT2D eigenvalue weighted by atomic mass is 10.0. The molecular formula is C14H21NOS. The smallest absolute Gasteiger partial charge is 0.0441 e. The second-order valence-corrected chi connectivity index (χ2v) is 6.75. The molecule has 0 bridgehead atoms. The van der Waals surface area contributed by atoms with E-state index in [1.807, 2.05) is 6.92 Å². The van der Waals surface area contributed by atoms with E-state index in [2.05, 4.69) is 35.6 Å². The van der Waals surface area contributed by atoms with Crippen LogP contribution in [0.4, 0.5) is 0 Å². The summed E-state index contributed by atoms with van der Waals surface area (Å²) in [6, 6.07) is 11.0. The molecule has 17 heavy (non-hydrogen) atoms. The van der Waals surface area contributed by atoms with Gasteiger partial charge in [0.1, 0.15) is 0 Å². The fraction of sp³-hybridized carbons (Fsp3) is 0.571. The van der Waals surface area contributed by atoms with Crippen molar-refractivity contribution in [2.75, 3.05) is 12.8 Å². The molecule has 1 saturated carbocycles. The second-order valence-electron chi connectivity index (χ2n) is 4.94. The zero-order chi connectivity index (χ0) is 12.3. The van der Waals surface area contributed by atoms with Gasteiger partial charge in [-0.1, -0.05) is 30.3 Å². The van der Waals surface area contributed by atoms with Crippen molar-refractivity contribution in [1.82, 2.24) is 5.32 Å². The first-order valence-electron chi connectivity index (χ1n) is 6.29. The van der Waals surface area contributed by atoms with E-state index in [0.717, 1.165) is 12.5 Å². The Morgan fingerprint density at radius 1 is 1.35 bits per heavy atom. The van der Waals surface area contributed by atoms with Crippen LogP contribution in [0.1, 0.15) is 31.4 Å². The average molecular weight is 251 g/mol. The quantitative estimate of drug-likeness (QED) is 0.841. The molecule has 0 aliphatic heterocycles. The van der Waals surface area contributed by atoms with Crippen LogP contribution in [0.2, 0.25) is 0 Å². The molecule has 0 heterocycles. The van der Waals surface area contributed by atoms with Gasteiger partial charge in [0.05, 0.1) is 0 Å². The van der Waals surface area contributed by atoms with Crippen molar-refractivity contribution in [2.45, 2.75) is 31.1 Å². The van der Waals surface area contributed by atoms with Crippen molar-refractivity contribution in [3.05, 3.63) is 35.9 Å². The van der Waals surface area contributed by atoms with Gasteiger partial charge in [-0.3, -0.25) is 4.21 Å². The number of nitrogens with one attached hydrogen (secondary N) is 1. The van der Waals surface area contributed by atoms with E-state index in [1.54, 1.807) is 6.26 Å². The van der Waals surface area contributed by atoms with Crippen molar-refractivity contribution >= 4 is 10.8 Å². The first-order valence-corrected chi connectivity index (χ1v) is 7.91. The zero-order valence-electron chi connectivity index (χ0n) is 10.6. The third kappa shape index (κ3) is 3.65. The number of hydrogen-bond acceptors (Lipinski definition) is 2. The molecule has 1 aliphatic rings. The Bertz CT molecular complexity index is 375. The van der Waals surface area contributed by atoms with E-state index in [0.29, 0.717) is 6.04 Å². The molecule has 2 nitrogen and oxygen atoms in total. The Morgan fingerprint density at radius 2 is 2.00 bits per heavy atom. The van der Waals surface area contributed by atoms with Crippen LogP contribution in [0.15, 0.2) is 30.3 Å². The number of benzene rings is 1. The lowest BCUT2D eigenvalue weighted by Gasteiger charge is -2.20. The summed E-state index contributed by atoms with van der Waals surface area (Å²) in [5.41, 5.74) is 1.36. The topological polar surface area (TPSA) is 29.1 Å². The fourth-order valence-electron chi connectivity index (χ4n) is 2.06. The van der Waals surface area contributed by atoms with E-state index in [-0.39, 0.29) is 5.25 Å². The lowest BCUT2D eigenvalue weighted by Crippen LogP contribution is -2.32. The third-order valence-corrected chi connectivity index (χ3v) is 4.74. The molecule has 94 valence electrons. The van der Waals surface area contributed by atoms with E-state index in [4.69, 9.17) is 0 Å². The lowest BCUT2D eigenvalue weighted by molar-refractivity contribution is 0.482. The molecular weight excluding hydrogens is 230 g/mol. The Hall–Kier alpha value is -0.670. The van der Waals surface area contributed by atoms with E-state index in [9.17, 15) is 4.21 Å². The van der Waals surface area contributed by atoms with Gasteiger partial charge in [0.2, 0.25) is 0 Å². The molecule has 1 aromatic rings. The summed E-state index contributed by atoms with van der Waals surface area (Å²) in [7, 11) is -0.738. The van der Waals surface area contributed by atoms with Crippen molar-refractivity contribution in [3.63, 3.8) is 0 Å². The van der Waals surface area contributed by atoms with Crippen LogP contribution in [0, 0.1) is 5.92 Å². The van der Waals surface area contributed by atoms with E-state index < -0.39 is 10.8 Å². The summed E-state index contributed by atoms with van der Waals surface area (Å²) >= 11 is 0. The second kappa shape index (κ2) is 5.78. The van der Waals surface area contributed by atoms with E-state index in [1.165, 1.54) is 18.4 Å². The number of hydrogen-bond donors (Lipinski definition) is 1. The van der Waals surface area contributed by atoms with Crippen molar-refractivity contribution in [2.24, 2.45) is 5.92 Å². The Kier molecular flexibility index (Phi) is 4.35. The van der Waals surface area contributed by atoms with Gasteiger partial charge in [0.15, 0.2) is 0 Å². The highest BCUT2D eigenvalue weighted by Gasteiger charge is 2.32. The molecule has 0 saturated heterocycles. The van der Waals surface area contributed by atoms with E-state index >= 15 is 0 Å². The molecule has 0 spiro atoms. The Morgan fingerprint density at radius 3 is 2.53 bits per heavy atom. The zero-order valence-corrected chi connectivity index (χ0v) is 11.4. The summed E-state index contributed by atoms with van der Waals surface area (Å²) in [5.74, 6) is 0.773. The molecule has 1 aliphatic carbocycles. The maximum Gasteiger partial charge on any atom is 0.0441 e. The minimum atomic E-state index is -0.738. The predicted octanol–water partition coefficient (Wildman–Crippen LogP) is 2.49. The molecule has 0 unspecified atom stereocenters. The van der Waals surface area contributed by atoms with Gasteiger partial charge >= 0.3 is 0 Å². The number of rotatable bonds is 6. The van der Waals surface area contributed by atoms with Crippen molar-refractivity contribution in [3.8, 4) is 0 Å². The summed E-state index contributed by atoms with van der Waals surface area (Å²) in [6.07, 6.45) is 4.41. The Balaban J connectivity index is 1.97. The molecule has 3 heteroatoms. The molecule has 1 fully saturated rings. The summed E-state index contributed by atoms with van der Waals surface area (Å²) < 4.78 is 11.3. The normalized spacial score (nSPS) is 20.8. The monoisotopic (exact) mass is 251 g/mol. The third-order valence-electron chi connectivity index (χ3n) is 3.44. The maximum atomic E-state index is 11.3. The molecule has 2 rings (SSSR count). The average Bonchev–Trinajstić information content (AvgIpc) is 3.15. The van der Waals surface area contributed by atoms with Crippen LogP contribution in [0.25, 0.3) is 0 Å². The van der Waals surface area contributed by atoms with Crippen LogP contribution in [0.5, 0.6) is 0 Å². The van der Waals surface area contributed by atoms with Crippen LogP contribution >= 0.6 is 0 Å². The van der Waals surface area contributed by atoms with Gasteiger partial charge in [0.25, 0.3) is 0 Å². The summed E-state index contributed by atoms with van der Waals surface area (Å²) in [6.45, 7) is 2.87. The minimum absolute atomic E-state index is 0.222. The maximum absolute atomic E-state index is 11.3. The standard InChI is InChI=1S/C14H21NOS/c1-11(17(2)16)10-15-14(13-8-9-13)12-6-4-3-5-7-12/h3-7,11,13-15H,8-10H2,1-2H3/t11-,14+,17+/m1/s1. The highest BCUT2D eigenvalue weighted by molar-refractivity contribution is 7.84. The van der Waals surface area contributed by atoms with Gasteiger partial charge < -0.3 is 5.32 Å². The van der Waals surface area contributed by atoms with Gasteiger partial charge in [-0.2, -0.15) is 0 Å². The molecule has 0 aromatic heterocycles. The van der Waals surface area contributed by atoms with Crippen molar-refractivity contribution in [1.29, 1.82) is 0 Å². The minimum Gasteiger partial charge on any atom is -0.309 e. The van der Waals surface area contributed by atoms with Crippen molar-refractivity contribution < 1.29 is 4.21 Å². The van der Waals surface area contributed by atoms with Gasteiger partial charge in [0, 0.05) is 34.9 Å². The molecule has 0 amide bonds. The van der Waals surface area contributed by atoms with Gasteiger partial charge in [-0.05, 0) is 31.2 Å². The highest BCUT2D eigenvalue weighted by atomic mass is 32.2. The first kappa shape index (κ1) is 12.8. The summed E-state index contributed by atoms with van der Waals surface area (Å²) in [4.78, 5) is 0. The molecule has 0 radical (unpaired) electrons. The molecule has 3 atom stereocenters. The molecule has 1 N–H and O–H groups in total. The predicted molar refractivity (Wildman–Crippen MR) is 73.4 cm³/mol. The summed E-state index contributed by atoms with van der Waals surface area (Å²) in [5, 5.41) is 3.81. The van der Waals surface area contributed by atoms with Crippen LogP contribution in [-0.4, -0.2) is 22.3 Å². The largest absolute Gasteiger partial charge is 0.309 e. The van der Waals surface area contributed by atoms with Crippen LogP contribution < -0.4 is 5.32 Å². The molecule has 1 aromatic carbocycles. The van der Waals surface area contributed by atoms with Gasteiger partial charge in [-0.15, -0.1) is 0 Å². The highest BCUT2D eigenvalue weighted by Crippen LogP contribution is 2.40. The Labute approximate surface area is 106 Å². The van der Waals surface area contributed by atoms with Gasteiger partial charge in [-0.25, -0.2) is 0 Å². The fourth-order valence-corrected chi connectivity index (χ4v) is 2.39. The SMILES string of the molecule is C[C@H](CN[C@@H](c1ccccc1)C1CC1)[S@](C)=O. The van der Waals surface area contributed by atoms with Crippen LogP contribution in [0.3, 0.4) is 0 Å². The van der Waals surface area contributed by atoms with Crippen LogP contribution in [-0.2, 0) is 10.8 Å².